The van der Waals surface area contributed by atoms with E-state index in [1.54, 1.807) is 0 Å². The van der Waals surface area contributed by atoms with Crippen molar-refractivity contribution in [3.8, 4) is 17.3 Å². The van der Waals surface area contributed by atoms with E-state index >= 15 is 0 Å². The molecule has 1 aliphatic rings. The van der Waals surface area contributed by atoms with Gasteiger partial charge in [-0.05, 0) is 35.7 Å². The molecule has 4 aromatic rings. The minimum Gasteiger partial charge on any atom is -0.278 e. The van der Waals surface area contributed by atoms with Crippen LogP contribution in [0.5, 0.6) is 0 Å². The lowest BCUT2D eigenvalue weighted by Gasteiger charge is -2.09. The summed E-state index contributed by atoms with van der Waals surface area (Å²) >= 11 is 6.28. The highest BCUT2D eigenvalue weighted by molar-refractivity contribution is 6.28. The molecule has 0 amide bonds. The highest BCUT2D eigenvalue weighted by Crippen LogP contribution is 2.32. The summed E-state index contributed by atoms with van der Waals surface area (Å²) in [4.78, 5) is 13.5. The van der Waals surface area contributed by atoms with Gasteiger partial charge in [-0.25, -0.2) is 0 Å². The second-order valence-corrected chi connectivity index (χ2v) is 6.64. The minimum atomic E-state index is 0.182. The van der Waals surface area contributed by atoms with Gasteiger partial charge in [-0.1, -0.05) is 66.8 Å². The molecule has 5 rings (SSSR count). The molecule has 130 valence electrons. The molecular weight excluding hydrogens is 356 g/mol. The van der Waals surface area contributed by atoms with E-state index in [0.29, 0.717) is 11.8 Å². The first-order valence-corrected chi connectivity index (χ1v) is 9.12. The number of benzene rings is 2. The Morgan fingerprint density at radius 1 is 0.852 bits per heavy atom. The number of aromatic nitrogens is 4. The molecule has 0 N–H and O–H groups in total. The molecule has 2 aromatic heterocycles. The van der Waals surface area contributed by atoms with Crippen molar-refractivity contribution in [1.29, 1.82) is 0 Å². The van der Waals surface area contributed by atoms with Crippen molar-refractivity contribution in [1.82, 2.24) is 19.5 Å². The molecule has 1 aliphatic carbocycles. The van der Waals surface area contributed by atoms with Crippen molar-refractivity contribution < 1.29 is 0 Å². The van der Waals surface area contributed by atoms with Gasteiger partial charge in [0, 0.05) is 10.9 Å². The van der Waals surface area contributed by atoms with Crippen molar-refractivity contribution in [2.24, 2.45) is 0 Å². The molecule has 2 heterocycles. The third-order valence-electron chi connectivity index (χ3n) is 4.67. The number of rotatable bonds is 2. The van der Waals surface area contributed by atoms with Gasteiger partial charge in [0.05, 0.1) is 11.2 Å². The molecule has 2 aromatic carbocycles. The average Bonchev–Trinajstić information content (AvgIpc) is 2.84. The molecule has 5 heteroatoms. The maximum Gasteiger partial charge on any atom is 0.239 e. The number of para-hydroxylation sites is 1. The molecule has 0 spiro atoms. The average molecular weight is 371 g/mol. The number of fused-ring (bicyclic) bond motifs is 3. The Morgan fingerprint density at radius 2 is 1.67 bits per heavy atom. The van der Waals surface area contributed by atoms with Crippen LogP contribution in [0, 0.1) is 0 Å². The first kappa shape index (κ1) is 16.0. The first-order chi connectivity index (χ1) is 13.3. The van der Waals surface area contributed by atoms with E-state index in [1.807, 2.05) is 42.5 Å². The van der Waals surface area contributed by atoms with Gasteiger partial charge in [0.15, 0.2) is 5.82 Å². The summed E-state index contributed by atoms with van der Waals surface area (Å²) in [5.41, 5.74) is 4.29. The van der Waals surface area contributed by atoms with Crippen molar-refractivity contribution in [3.05, 3.63) is 89.4 Å². The van der Waals surface area contributed by atoms with Crippen LogP contribution in [0.1, 0.15) is 11.3 Å². The Bertz CT molecular complexity index is 1210. The standard InChI is InChI=1S/C22H15ClN4/c23-21-24-20(15-9-3-1-4-10-15)25-22(26-21)27-18-13-6-2-5-11-16(18)17-12-7-8-14-19(17)27/h1-10,12-14H,11H2. The van der Waals surface area contributed by atoms with Crippen molar-refractivity contribution >= 4 is 28.6 Å². The van der Waals surface area contributed by atoms with Gasteiger partial charge < -0.3 is 0 Å². The summed E-state index contributed by atoms with van der Waals surface area (Å²) in [6, 6.07) is 18.1. The number of halogens is 1. The van der Waals surface area contributed by atoms with Crippen molar-refractivity contribution in [2.45, 2.75) is 6.42 Å². The summed E-state index contributed by atoms with van der Waals surface area (Å²) in [7, 11) is 0. The zero-order chi connectivity index (χ0) is 18.2. The van der Waals surface area contributed by atoms with Crippen LogP contribution in [0.4, 0.5) is 0 Å². The Labute approximate surface area is 161 Å². The zero-order valence-electron chi connectivity index (χ0n) is 14.4. The highest BCUT2D eigenvalue weighted by atomic mass is 35.5. The molecule has 0 aliphatic heterocycles. The summed E-state index contributed by atoms with van der Waals surface area (Å²) in [6.07, 6.45) is 9.23. The third kappa shape index (κ3) is 2.75. The van der Waals surface area contributed by atoms with Gasteiger partial charge in [-0.2, -0.15) is 15.0 Å². The van der Waals surface area contributed by atoms with E-state index in [9.17, 15) is 0 Å². The van der Waals surface area contributed by atoms with Crippen molar-refractivity contribution in [2.75, 3.05) is 0 Å². The van der Waals surface area contributed by atoms with Crippen LogP contribution in [-0.2, 0) is 6.42 Å². The molecule has 0 radical (unpaired) electrons. The summed E-state index contributed by atoms with van der Waals surface area (Å²) in [6.45, 7) is 0. The van der Waals surface area contributed by atoms with Gasteiger partial charge in [-0.15, -0.1) is 0 Å². The van der Waals surface area contributed by atoms with E-state index in [4.69, 9.17) is 16.6 Å². The highest BCUT2D eigenvalue weighted by Gasteiger charge is 2.19. The predicted octanol–water partition coefficient (Wildman–Crippen LogP) is 5.26. The Hall–Kier alpha value is -3.24. The second-order valence-electron chi connectivity index (χ2n) is 6.30. The molecule has 0 saturated heterocycles. The van der Waals surface area contributed by atoms with Gasteiger partial charge in [0.1, 0.15) is 0 Å². The van der Waals surface area contributed by atoms with Crippen LogP contribution >= 0.6 is 11.6 Å². The molecule has 0 saturated carbocycles. The summed E-state index contributed by atoms with van der Waals surface area (Å²) in [5.74, 6) is 1.09. The maximum absolute atomic E-state index is 6.28. The van der Waals surface area contributed by atoms with Gasteiger partial charge in [0.25, 0.3) is 0 Å². The predicted molar refractivity (Wildman–Crippen MR) is 109 cm³/mol. The fourth-order valence-electron chi connectivity index (χ4n) is 3.50. The largest absolute Gasteiger partial charge is 0.278 e. The Morgan fingerprint density at radius 3 is 2.56 bits per heavy atom. The number of hydrogen-bond acceptors (Lipinski definition) is 3. The SMILES string of the molecule is Clc1nc(-c2ccccc2)nc(-n2c3c(c4ccccc42)CC=CC=C3)n1. The van der Waals surface area contributed by atoms with E-state index in [-0.39, 0.29) is 5.28 Å². The quantitative estimate of drug-likeness (QED) is 0.483. The van der Waals surface area contributed by atoms with Crippen LogP contribution in [0.15, 0.2) is 72.8 Å². The second kappa shape index (κ2) is 6.49. The lowest BCUT2D eigenvalue weighted by Crippen LogP contribution is -2.06. The third-order valence-corrected chi connectivity index (χ3v) is 4.84. The van der Waals surface area contributed by atoms with Crippen LogP contribution in [-0.4, -0.2) is 19.5 Å². The molecule has 0 fully saturated rings. The number of nitrogens with zero attached hydrogens (tertiary/aromatic N) is 4. The smallest absolute Gasteiger partial charge is 0.239 e. The number of hydrogen-bond donors (Lipinski definition) is 0. The minimum absolute atomic E-state index is 0.182. The van der Waals surface area contributed by atoms with Gasteiger partial charge in [-0.3, -0.25) is 4.57 Å². The van der Waals surface area contributed by atoms with E-state index in [2.05, 4.69) is 51.0 Å². The summed E-state index contributed by atoms with van der Waals surface area (Å²) < 4.78 is 2.06. The number of allylic oxidation sites excluding steroid dienone is 3. The monoisotopic (exact) mass is 370 g/mol. The fraction of sp³-hybridized carbons (Fsp3) is 0.0455. The molecule has 0 atom stereocenters. The van der Waals surface area contributed by atoms with Crippen molar-refractivity contribution in [3.63, 3.8) is 0 Å². The van der Waals surface area contributed by atoms with Crippen LogP contribution in [0.3, 0.4) is 0 Å². The molecule has 0 unspecified atom stereocenters. The Kier molecular flexibility index (Phi) is 3.84. The van der Waals surface area contributed by atoms with E-state index in [0.717, 1.165) is 23.2 Å². The van der Waals surface area contributed by atoms with Gasteiger partial charge >= 0.3 is 0 Å². The zero-order valence-corrected chi connectivity index (χ0v) is 15.1. The maximum atomic E-state index is 6.28. The normalized spacial score (nSPS) is 12.9. The molecule has 0 bridgehead atoms. The Balaban J connectivity index is 1.80. The first-order valence-electron chi connectivity index (χ1n) is 8.74. The fourth-order valence-corrected chi connectivity index (χ4v) is 3.65. The lowest BCUT2D eigenvalue weighted by molar-refractivity contribution is 0.917. The lowest BCUT2D eigenvalue weighted by atomic mass is 10.1. The van der Waals surface area contributed by atoms with E-state index in [1.165, 1.54) is 10.9 Å². The topological polar surface area (TPSA) is 43.6 Å². The van der Waals surface area contributed by atoms with Crippen LogP contribution in [0.25, 0.3) is 34.3 Å². The van der Waals surface area contributed by atoms with Crippen LogP contribution in [0.2, 0.25) is 5.28 Å². The molecular formula is C22H15ClN4. The molecule has 27 heavy (non-hydrogen) atoms. The molecule has 4 nitrogen and oxygen atoms in total. The van der Waals surface area contributed by atoms with Gasteiger partial charge in [0.2, 0.25) is 11.2 Å². The van der Waals surface area contributed by atoms with E-state index < -0.39 is 0 Å². The van der Waals surface area contributed by atoms with Crippen LogP contribution < -0.4 is 0 Å². The summed E-state index contributed by atoms with van der Waals surface area (Å²) in [5, 5.41) is 1.38.